The fourth-order valence-electron chi connectivity index (χ4n) is 5.82. The van der Waals surface area contributed by atoms with Gasteiger partial charge < -0.3 is 14.2 Å². The summed E-state index contributed by atoms with van der Waals surface area (Å²) in [6, 6.07) is 29.8. The van der Waals surface area contributed by atoms with Crippen LogP contribution < -0.4 is 0 Å². The van der Waals surface area contributed by atoms with Gasteiger partial charge in [-0.05, 0) is 40.2 Å². The molecule has 0 radical (unpaired) electrons. The lowest BCUT2D eigenvalue weighted by atomic mass is 9.63. The summed E-state index contributed by atoms with van der Waals surface area (Å²) in [5, 5.41) is 3.46. The highest BCUT2D eigenvalue weighted by Crippen LogP contribution is 2.68. The van der Waals surface area contributed by atoms with Crippen LogP contribution in [0.4, 0.5) is 0 Å². The monoisotopic (exact) mass is 483 g/mol. The van der Waals surface area contributed by atoms with E-state index in [-0.39, 0.29) is 6.10 Å². The molecule has 0 heterocycles. The lowest BCUT2D eigenvalue weighted by Crippen LogP contribution is -2.64. The summed E-state index contributed by atoms with van der Waals surface area (Å²) < 4.78 is 19.2. The van der Waals surface area contributed by atoms with Gasteiger partial charge in [0.1, 0.15) is 5.60 Å². The predicted molar refractivity (Wildman–Crippen MR) is 134 cm³/mol. The molecule has 3 saturated carbocycles. The number of azide groups is 1. The van der Waals surface area contributed by atoms with E-state index in [0.29, 0.717) is 39.3 Å². The van der Waals surface area contributed by atoms with Crippen LogP contribution in [-0.4, -0.2) is 24.2 Å². The van der Waals surface area contributed by atoms with Gasteiger partial charge >= 0.3 is 0 Å². The Kier molecular flexibility index (Phi) is 7.16. The predicted octanol–water partition coefficient (Wildman–Crippen LogP) is 5.99. The molecule has 7 nitrogen and oxygen atoms in total. The number of rotatable bonds is 11. The van der Waals surface area contributed by atoms with E-state index in [1.165, 1.54) is 0 Å². The number of benzene rings is 3. The molecule has 0 saturated heterocycles. The Labute approximate surface area is 210 Å². The van der Waals surface area contributed by atoms with Gasteiger partial charge in [-0.3, -0.25) is 4.79 Å². The maximum Gasteiger partial charge on any atom is 0.225 e. The molecule has 3 aromatic rings. The Morgan fingerprint density at radius 3 is 2.00 bits per heavy atom. The van der Waals surface area contributed by atoms with Crippen LogP contribution in [-0.2, 0) is 38.8 Å². The van der Waals surface area contributed by atoms with Crippen LogP contribution in [0.2, 0.25) is 0 Å². The molecule has 36 heavy (non-hydrogen) atoms. The summed E-state index contributed by atoms with van der Waals surface area (Å²) in [7, 11) is 0. The number of nitrogens with zero attached hydrogens (tertiary/aromatic N) is 3. The topological polar surface area (TPSA) is 93.5 Å². The van der Waals surface area contributed by atoms with E-state index in [1.54, 1.807) is 0 Å². The van der Waals surface area contributed by atoms with Gasteiger partial charge in [0.15, 0.2) is 0 Å². The quantitative estimate of drug-likeness (QED) is 0.190. The standard InChI is InChI=1S/C29H29N3O4/c30-32-31-26(33)25-16-28(21-34-17-22-10-4-1-5-11-22)20-29(25,36-19-24-14-8-3-9-15-24)27(28)35-18-23-12-6-2-7-13-23/h1-15,25,27H,16-21H2/t25-,27+,28+,29-/m0/s1. The molecule has 3 aromatic carbocycles. The third-order valence-corrected chi connectivity index (χ3v) is 7.38. The Morgan fingerprint density at radius 1 is 0.861 bits per heavy atom. The molecule has 2 bridgehead atoms. The average molecular weight is 484 g/mol. The number of carbonyl (C=O) groups is 1. The third-order valence-electron chi connectivity index (χ3n) is 7.38. The number of hydrogen-bond acceptors (Lipinski definition) is 4. The SMILES string of the molecule is [N-]=[N+]=NC(=O)[C@@H]1C[C@]2(COCc3ccccc3)C[C@@]1(OCc1ccccc1)[C@@H]2OCc1ccccc1. The molecular weight excluding hydrogens is 454 g/mol. The van der Waals surface area contributed by atoms with E-state index < -0.39 is 22.8 Å². The van der Waals surface area contributed by atoms with Gasteiger partial charge in [-0.2, -0.15) is 0 Å². The summed E-state index contributed by atoms with van der Waals surface area (Å²) in [5.41, 5.74) is 10.8. The second-order valence-electron chi connectivity index (χ2n) is 9.71. The van der Waals surface area contributed by atoms with Gasteiger partial charge in [0, 0.05) is 10.3 Å². The van der Waals surface area contributed by atoms with Crippen LogP contribution in [0.1, 0.15) is 29.5 Å². The summed E-state index contributed by atoms with van der Waals surface area (Å²) in [4.78, 5) is 15.7. The molecule has 7 heteroatoms. The Balaban J connectivity index is 1.39. The summed E-state index contributed by atoms with van der Waals surface area (Å²) in [6.45, 7) is 1.64. The van der Waals surface area contributed by atoms with Crippen LogP contribution in [0.15, 0.2) is 96.1 Å². The van der Waals surface area contributed by atoms with Crippen molar-refractivity contribution in [3.05, 3.63) is 118 Å². The molecule has 3 fully saturated rings. The summed E-state index contributed by atoms with van der Waals surface area (Å²) in [6.07, 6.45) is 0.735. The molecule has 0 aliphatic heterocycles. The number of carbonyl (C=O) groups excluding carboxylic acids is 1. The molecule has 3 aliphatic carbocycles. The molecule has 0 aromatic heterocycles. The molecule has 184 valence electrons. The van der Waals surface area contributed by atoms with Gasteiger partial charge in [0.25, 0.3) is 0 Å². The molecule has 0 spiro atoms. The van der Waals surface area contributed by atoms with E-state index in [1.807, 2.05) is 91.0 Å². The minimum atomic E-state index is -0.869. The molecule has 4 atom stereocenters. The largest absolute Gasteiger partial charge is 0.376 e. The summed E-state index contributed by atoms with van der Waals surface area (Å²) in [5.74, 6) is -1.08. The van der Waals surface area contributed by atoms with Crippen molar-refractivity contribution in [3.63, 3.8) is 0 Å². The molecule has 0 unspecified atom stereocenters. The van der Waals surface area contributed by atoms with Crippen LogP contribution >= 0.6 is 0 Å². The zero-order chi connectivity index (χ0) is 24.8. The first-order valence-electron chi connectivity index (χ1n) is 12.2. The van der Waals surface area contributed by atoms with Gasteiger partial charge in [0.2, 0.25) is 5.91 Å². The smallest absolute Gasteiger partial charge is 0.225 e. The fourth-order valence-corrected chi connectivity index (χ4v) is 5.82. The highest BCUT2D eigenvalue weighted by molar-refractivity contribution is 5.82. The second kappa shape index (κ2) is 10.6. The average Bonchev–Trinajstić information content (AvgIpc) is 3.39. The Morgan fingerprint density at radius 2 is 1.42 bits per heavy atom. The minimum absolute atomic E-state index is 0.340. The van der Waals surface area contributed by atoms with Crippen molar-refractivity contribution < 1.29 is 19.0 Å². The van der Waals surface area contributed by atoms with E-state index in [0.717, 1.165) is 16.7 Å². The lowest BCUT2D eigenvalue weighted by Gasteiger charge is -2.54. The molecule has 6 rings (SSSR count). The highest BCUT2D eigenvalue weighted by Gasteiger charge is 2.76. The van der Waals surface area contributed by atoms with Gasteiger partial charge in [-0.1, -0.05) is 91.0 Å². The first kappa shape index (κ1) is 24.2. The van der Waals surface area contributed by atoms with Crippen molar-refractivity contribution in [2.45, 2.75) is 44.4 Å². The van der Waals surface area contributed by atoms with Crippen molar-refractivity contribution in [1.29, 1.82) is 0 Å². The van der Waals surface area contributed by atoms with Crippen LogP contribution in [0.5, 0.6) is 0 Å². The number of hydrogen-bond donors (Lipinski definition) is 0. The van der Waals surface area contributed by atoms with Crippen molar-refractivity contribution >= 4 is 5.91 Å². The number of amides is 1. The molecule has 0 N–H and O–H groups in total. The summed E-state index contributed by atoms with van der Waals surface area (Å²) >= 11 is 0. The highest BCUT2D eigenvalue weighted by atomic mass is 16.6. The lowest BCUT2D eigenvalue weighted by molar-refractivity contribution is -0.262. The Hall–Kier alpha value is -3.48. The normalized spacial score (nSPS) is 26.1. The van der Waals surface area contributed by atoms with Crippen molar-refractivity contribution in [1.82, 2.24) is 0 Å². The first-order chi connectivity index (χ1) is 17.7. The van der Waals surface area contributed by atoms with Crippen LogP contribution in [0, 0.1) is 11.3 Å². The van der Waals surface area contributed by atoms with Crippen molar-refractivity contribution in [2.75, 3.05) is 6.61 Å². The van der Waals surface area contributed by atoms with E-state index in [4.69, 9.17) is 19.7 Å². The molecule has 3 aliphatic rings. The van der Waals surface area contributed by atoms with Crippen LogP contribution in [0.3, 0.4) is 0 Å². The zero-order valence-corrected chi connectivity index (χ0v) is 20.0. The van der Waals surface area contributed by atoms with E-state index >= 15 is 0 Å². The van der Waals surface area contributed by atoms with E-state index in [9.17, 15) is 4.79 Å². The zero-order valence-electron chi connectivity index (χ0n) is 20.0. The molecular formula is C29H29N3O4. The van der Waals surface area contributed by atoms with Gasteiger partial charge in [-0.25, -0.2) is 0 Å². The Bertz CT molecular complexity index is 1220. The number of ether oxygens (including phenoxy) is 3. The maximum absolute atomic E-state index is 13.0. The number of fused-ring (bicyclic) bond motifs is 1. The molecule has 1 amide bonds. The van der Waals surface area contributed by atoms with Crippen molar-refractivity contribution in [2.24, 2.45) is 16.4 Å². The minimum Gasteiger partial charge on any atom is -0.376 e. The van der Waals surface area contributed by atoms with Crippen molar-refractivity contribution in [3.8, 4) is 0 Å². The maximum atomic E-state index is 13.0. The van der Waals surface area contributed by atoms with Gasteiger partial charge in [-0.15, -0.1) is 0 Å². The fraction of sp³-hybridized carbons (Fsp3) is 0.345. The second-order valence-corrected chi connectivity index (χ2v) is 9.71. The van der Waals surface area contributed by atoms with Gasteiger partial charge in [0.05, 0.1) is 38.4 Å². The van der Waals surface area contributed by atoms with Crippen LogP contribution in [0.25, 0.3) is 10.4 Å². The van der Waals surface area contributed by atoms with E-state index in [2.05, 4.69) is 10.0 Å². The third kappa shape index (κ3) is 4.79. The first-order valence-corrected chi connectivity index (χ1v) is 12.2.